The highest BCUT2D eigenvalue weighted by molar-refractivity contribution is 5.98. The third-order valence-corrected chi connectivity index (χ3v) is 4.94. The summed E-state index contributed by atoms with van der Waals surface area (Å²) in [4.78, 5) is 26.2. The van der Waals surface area contributed by atoms with E-state index < -0.39 is 0 Å². The molecule has 154 valence electrons. The van der Waals surface area contributed by atoms with Gasteiger partial charge >= 0.3 is 0 Å². The van der Waals surface area contributed by atoms with Crippen molar-refractivity contribution < 1.29 is 23.8 Å². The molecular weight excluding hydrogens is 372 g/mol. The molecule has 0 spiro atoms. The Morgan fingerprint density at radius 1 is 1.03 bits per heavy atom. The van der Waals surface area contributed by atoms with Crippen molar-refractivity contribution in [2.75, 3.05) is 38.1 Å². The molecule has 3 rings (SSSR count). The van der Waals surface area contributed by atoms with Crippen LogP contribution in [0.1, 0.15) is 24.8 Å². The standard InChI is InChI=1S/C22H26N2O5/c1-27-17-8-10-19(28-2)15(13-17)6-11-21(25)23-16-7-9-18(20(14-16)29-3)24-12-4-5-22(24)26/h7-10,13-14H,4-6,11-12H2,1-3H3,(H,23,25). The lowest BCUT2D eigenvalue weighted by molar-refractivity contribution is -0.117. The van der Waals surface area contributed by atoms with E-state index >= 15 is 0 Å². The maximum atomic E-state index is 12.4. The third kappa shape index (κ3) is 4.80. The van der Waals surface area contributed by atoms with Gasteiger partial charge in [-0.25, -0.2) is 0 Å². The van der Waals surface area contributed by atoms with E-state index in [0.717, 1.165) is 29.2 Å². The van der Waals surface area contributed by atoms with Gasteiger partial charge in [-0.05, 0) is 48.7 Å². The summed E-state index contributed by atoms with van der Waals surface area (Å²) in [5.41, 5.74) is 2.26. The van der Waals surface area contributed by atoms with Crippen molar-refractivity contribution in [3.8, 4) is 17.2 Å². The fourth-order valence-electron chi connectivity index (χ4n) is 3.43. The molecule has 0 radical (unpaired) electrons. The van der Waals surface area contributed by atoms with E-state index in [1.807, 2.05) is 24.3 Å². The highest BCUT2D eigenvalue weighted by Gasteiger charge is 2.24. The summed E-state index contributed by atoms with van der Waals surface area (Å²) in [7, 11) is 4.76. The van der Waals surface area contributed by atoms with Crippen LogP contribution in [0.5, 0.6) is 17.2 Å². The zero-order valence-electron chi connectivity index (χ0n) is 17.0. The second-order valence-corrected chi connectivity index (χ2v) is 6.76. The molecule has 1 aliphatic heterocycles. The minimum Gasteiger partial charge on any atom is -0.497 e. The number of ether oxygens (including phenoxy) is 3. The molecule has 0 unspecified atom stereocenters. The van der Waals surface area contributed by atoms with Crippen LogP contribution in [-0.2, 0) is 16.0 Å². The summed E-state index contributed by atoms with van der Waals surface area (Å²) in [5.74, 6) is 1.97. The molecule has 29 heavy (non-hydrogen) atoms. The largest absolute Gasteiger partial charge is 0.497 e. The number of carbonyl (C=O) groups is 2. The average Bonchev–Trinajstić information content (AvgIpc) is 3.17. The second-order valence-electron chi connectivity index (χ2n) is 6.76. The van der Waals surface area contributed by atoms with Crippen LogP contribution in [0, 0.1) is 0 Å². The van der Waals surface area contributed by atoms with Crippen molar-refractivity contribution in [3.63, 3.8) is 0 Å². The van der Waals surface area contributed by atoms with Gasteiger partial charge < -0.3 is 24.4 Å². The first kappa shape index (κ1) is 20.5. The Labute approximate surface area is 170 Å². The highest BCUT2D eigenvalue weighted by Crippen LogP contribution is 2.34. The van der Waals surface area contributed by atoms with Crippen molar-refractivity contribution in [2.24, 2.45) is 0 Å². The molecule has 7 nitrogen and oxygen atoms in total. The zero-order valence-corrected chi connectivity index (χ0v) is 17.0. The van der Waals surface area contributed by atoms with Gasteiger partial charge in [-0.2, -0.15) is 0 Å². The van der Waals surface area contributed by atoms with Gasteiger partial charge in [-0.3, -0.25) is 9.59 Å². The van der Waals surface area contributed by atoms with E-state index in [9.17, 15) is 9.59 Å². The quantitative estimate of drug-likeness (QED) is 0.737. The van der Waals surface area contributed by atoms with Gasteiger partial charge in [-0.15, -0.1) is 0 Å². The lowest BCUT2D eigenvalue weighted by atomic mass is 10.1. The predicted molar refractivity (Wildman–Crippen MR) is 111 cm³/mol. The predicted octanol–water partition coefficient (Wildman–Crippen LogP) is 3.41. The lowest BCUT2D eigenvalue weighted by Crippen LogP contribution is -2.24. The van der Waals surface area contributed by atoms with Gasteiger partial charge in [0.1, 0.15) is 17.2 Å². The Balaban J connectivity index is 1.66. The Morgan fingerprint density at radius 3 is 2.48 bits per heavy atom. The summed E-state index contributed by atoms with van der Waals surface area (Å²) >= 11 is 0. The molecular formula is C22H26N2O5. The number of methoxy groups -OCH3 is 3. The molecule has 0 aliphatic carbocycles. The number of rotatable bonds is 8. The fraction of sp³-hybridized carbons (Fsp3) is 0.364. The molecule has 1 saturated heterocycles. The number of aryl methyl sites for hydroxylation is 1. The topological polar surface area (TPSA) is 77.1 Å². The van der Waals surface area contributed by atoms with Crippen LogP contribution in [0.2, 0.25) is 0 Å². The number of amides is 2. The summed E-state index contributed by atoms with van der Waals surface area (Å²) in [6, 6.07) is 10.9. The van der Waals surface area contributed by atoms with Crippen molar-refractivity contribution >= 4 is 23.2 Å². The van der Waals surface area contributed by atoms with Crippen LogP contribution in [-0.4, -0.2) is 39.7 Å². The van der Waals surface area contributed by atoms with Crippen molar-refractivity contribution in [3.05, 3.63) is 42.0 Å². The van der Waals surface area contributed by atoms with Crippen molar-refractivity contribution in [2.45, 2.75) is 25.7 Å². The van der Waals surface area contributed by atoms with Crippen LogP contribution >= 0.6 is 0 Å². The molecule has 2 aromatic carbocycles. The number of nitrogens with one attached hydrogen (secondary N) is 1. The number of hydrogen-bond donors (Lipinski definition) is 1. The van der Waals surface area contributed by atoms with E-state index in [-0.39, 0.29) is 18.2 Å². The number of nitrogens with zero attached hydrogens (tertiary/aromatic N) is 1. The summed E-state index contributed by atoms with van der Waals surface area (Å²) in [5, 5.41) is 2.89. The Kier molecular flexibility index (Phi) is 6.59. The van der Waals surface area contributed by atoms with E-state index in [1.165, 1.54) is 0 Å². The first-order valence-corrected chi connectivity index (χ1v) is 9.55. The van der Waals surface area contributed by atoms with Gasteiger partial charge in [0.05, 0.1) is 27.0 Å². The molecule has 1 heterocycles. The Morgan fingerprint density at radius 2 is 1.83 bits per heavy atom. The van der Waals surface area contributed by atoms with Gasteiger partial charge in [0.2, 0.25) is 11.8 Å². The van der Waals surface area contributed by atoms with E-state index in [4.69, 9.17) is 14.2 Å². The van der Waals surface area contributed by atoms with Gasteiger partial charge in [0.15, 0.2) is 0 Å². The highest BCUT2D eigenvalue weighted by atomic mass is 16.5. The van der Waals surface area contributed by atoms with Crippen molar-refractivity contribution in [1.82, 2.24) is 0 Å². The lowest BCUT2D eigenvalue weighted by Gasteiger charge is -2.19. The molecule has 7 heteroatoms. The van der Waals surface area contributed by atoms with Crippen LogP contribution in [0.25, 0.3) is 0 Å². The molecule has 1 fully saturated rings. The first-order valence-electron chi connectivity index (χ1n) is 9.55. The maximum absolute atomic E-state index is 12.4. The summed E-state index contributed by atoms with van der Waals surface area (Å²) in [6.45, 7) is 0.684. The number of carbonyl (C=O) groups excluding carboxylic acids is 2. The second kappa shape index (κ2) is 9.32. The van der Waals surface area contributed by atoms with Gasteiger partial charge in [0, 0.05) is 31.1 Å². The molecule has 2 amide bonds. The Bertz CT molecular complexity index is 897. The van der Waals surface area contributed by atoms with Crippen LogP contribution in [0.15, 0.2) is 36.4 Å². The summed E-state index contributed by atoms with van der Waals surface area (Å²) in [6.07, 6.45) is 2.20. The third-order valence-electron chi connectivity index (χ3n) is 4.94. The normalized spacial score (nSPS) is 13.3. The zero-order chi connectivity index (χ0) is 20.8. The molecule has 0 saturated carbocycles. The van der Waals surface area contributed by atoms with Gasteiger partial charge in [-0.1, -0.05) is 0 Å². The minimum atomic E-state index is -0.123. The van der Waals surface area contributed by atoms with E-state index in [1.54, 1.807) is 38.4 Å². The summed E-state index contributed by atoms with van der Waals surface area (Å²) < 4.78 is 16.0. The smallest absolute Gasteiger partial charge is 0.227 e. The maximum Gasteiger partial charge on any atom is 0.227 e. The van der Waals surface area contributed by atoms with Crippen molar-refractivity contribution in [1.29, 1.82) is 0 Å². The first-order chi connectivity index (χ1) is 14.0. The monoisotopic (exact) mass is 398 g/mol. The van der Waals surface area contributed by atoms with Crippen LogP contribution in [0.3, 0.4) is 0 Å². The van der Waals surface area contributed by atoms with E-state index in [0.29, 0.717) is 30.8 Å². The number of anilines is 2. The van der Waals surface area contributed by atoms with Crippen LogP contribution in [0.4, 0.5) is 11.4 Å². The molecule has 0 aromatic heterocycles. The van der Waals surface area contributed by atoms with Crippen LogP contribution < -0.4 is 24.4 Å². The average molecular weight is 398 g/mol. The molecule has 1 aliphatic rings. The molecule has 2 aromatic rings. The SMILES string of the molecule is COc1ccc(OC)c(CCC(=O)Nc2ccc(N3CCCC3=O)c(OC)c2)c1. The molecule has 0 atom stereocenters. The van der Waals surface area contributed by atoms with Gasteiger partial charge in [0.25, 0.3) is 0 Å². The number of hydrogen-bond acceptors (Lipinski definition) is 5. The molecule has 1 N–H and O–H groups in total. The van der Waals surface area contributed by atoms with E-state index in [2.05, 4.69) is 5.32 Å². The fourth-order valence-corrected chi connectivity index (χ4v) is 3.43. The minimum absolute atomic E-state index is 0.0901. The number of benzene rings is 2. The Hall–Kier alpha value is -3.22. The molecule has 0 bridgehead atoms.